The summed E-state index contributed by atoms with van der Waals surface area (Å²) in [5.74, 6) is -0.494. The van der Waals surface area contributed by atoms with Gasteiger partial charge in [0.05, 0.1) is 19.1 Å². The number of methoxy groups -OCH3 is 1. The van der Waals surface area contributed by atoms with Crippen LogP contribution >= 0.6 is 11.6 Å². The first-order valence-corrected chi connectivity index (χ1v) is 13.8. The van der Waals surface area contributed by atoms with E-state index < -0.39 is 28.5 Å². The van der Waals surface area contributed by atoms with Gasteiger partial charge in [-0.1, -0.05) is 54.8 Å². The number of para-hydroxylation sites is 2. The number of nitrogens with one attached hydrogen (secondary N) is 1. The van der Waals surface area contributed by atoms with Gasteiger partial charge in [0.25, 0.3) is 0 Å². The molecule has 0 heterocycles. The van der Waals surface area contributed by atoms with Crippen molar-refractivity contribution in [1.29, 1.82) is 0 Å². The lowest BCUT2D eigenvalue weighted by Crippen LogP contribution is -2.52. The topological polar surface area (TPSA) is 96.0 Å². The third-order valence-corrected chi connectivity index (χ3v) is 7.70. The van der Waals surface area contributed by atoms with E-state index in [9.17, 15) is 18.0 Å². The fourth-order valence-corrected chi connectivity index (χ4v) is 5.26. The van der Waals surface area contributed by atoms with Crippen LogP contribution in [0, 0.1) is 0 Å². The number of carbonyl (C=O) groups excluding carboxylic acids is 2. The molecule has 0 aromatic heterocycles. The van der Waals surface area contributed by atoms with Gasteiger partial charge in [0.15, 0.2) is 0 Å². The fourth-order valence-electron chi connectivity index (χ4n) is 4.22. The van der Waals surface area contributed by atoms with E-state index in [0.29, 0.717) is 16.3 Å². The zero-order valence-electron chi connectivity index (χ0n) is 20.2. The highest BCUT2D eigenvalue weighted by Crippen LogP contribution is 2.30. The van der Waals surface area contributed by atoms with Gasteiger partial charge < -0.3 is 15.0 Å². The van der Waals surface area contributed by atoms with Crippen molar-refractivity contribution in [2.24, 2.45) is 0 Å². The van der Waals surface area contributed by atoms with Crippen molar-refractivity contribution >= 4 is 39.1 Å². The minimum absolute atomic E-state index is 0.0568. The third-order valence-electron chi connectivity index (χ3n) is 6.20. The molecule has 1 aliphatic carbocycles. The molecule has 0 bridgehead atoms. The number of carbonyl (C=O) groups is 2. The smallest absolute Gasteiger partial charge is 0.244 e. The van der Waals surface area contributed by atoms with Crippen LogP contribution in [0.2, 0.25) is 5.02 Å². The quantitative estimate of drug-likeness (QED) is 0.515. The number of halogens is 1. The lowest BCUT2D eigenvalue weighted by atomic mass is 10.1. The Morgan fingerprint density at radius 3 is 2.37 bits per heavy atom. The first-order chi connectivity index (χ1) is 16.6. The Kier molecular flexibility index (Phi) is 9.02. The number of rotatable bonds is 10. The predicted octanol–water partition coefficient (Wildman–Crippen LogP) is 3.59. The molecule has 2 amide bonds. The van der Waals surface area contributed by atoms with E-state index in [1.165, 1.54) is 12.0 Å². The maximum atomic E-state index is 13.6. The molecule has 1 saturated carbocycles. The minimum atomic E-state index is -3.85. The molecular weight excluding hydrogens is 490 g/mol. The molecule has 190 valence electrons. The number of hydrogen-bond donors (Lipinski definition) is 1. The van der Waals surface area contributed by atoms with Crippen LogP contribution in [0.1, 0.15) is 38.2 Å². The molecule has 0 spiro atoms. The standard InChI is InChI=1S/C25H32ClN3O5S/c1-18(25(31)27-20-11-5-6-12-20)28(16-19-10-4-7-13-21(19)26)24(30)17-29(35(3,32)33)22-14-8-9-15-23(22)34-2/h4,7-10,13-15,18,20H,5-6,11-12,16-17H2,1-3H3,(H,27,31)/t18-/m1/s1. The molecule has 0 unspecified atom stereocenters. The Morgan fingerprint density at radius 2 is 1.74 bits per heavy atom. The van der Waals surface area contributed by atoms with Crippen LogP contribution in [-0.4, -0.2) is 57.1 Å². The zero-order chi connectivity index (χ0) is 25.6. The van der Waals surface area contributed by atoms with Gasteiger partial charge in [0, 0.05) is 17.6 Å². The number of anilines is 1. The van der Waals surface area contributed by atoms with Crippen LogP contribution in [0.25, 0.3) is 0 Å². The lowest BCUT2D eigenvalue weighted by Gasteiger charge is -2.32. The maximum Gasteiger partial charge on any atom is 0.244 e. The van der Waals surface area contributed by atoms with E-state index >= 15 is 0 Å². The van der Waals surface area contributed by atoms with E-state index in [1.54, 1.807) is 55.5 Å². The second-order valence-corrected chi connectivity index (χ2v) is 11.0. The Labute approximate surface area is 212 Å². The van der Waals surface area contributed by atoms with Gasteiger partial charge in [-0.25, -0.2) is 8.42 Å². The molecular formula is C25H32ClN3O5S. The Balaban J connectivity index is 1.91. The number of amides is 2. The van der Waals surface area contributed by atoms with Crippen LogP contribution in [0.15, 0.2) is 48.5 Å². The van der Waals surface area contributed by atoms with Gasteiger partial charge in [-0.3, -0.25) is 13.9 Å². The van der Waals surface area contributed by atoms with Crippen LogP contribution in [-0.2, 0) is 26.2 Å². The van der Waals surface area contributed by atoms with Crippen LogP contribution in [0.5, 0.6) is 5.75 Å². The lowest BCUT2D eigenvalue weighted by molar-refractivity contribution is -0.139. The molecule has 35 heavy (non-hydrogen) atoms. The normalized spacial score (nSPS) is 14.9. The molecule has 3 rings (SSSR count). The summed E-state index contributed by atoms with van der Waals surface area (Å²) in [5.41, 5.74) is 0.901. The summed E-state index contributed by atoms with van der Waals surface area (Å²) >= 11 is 6.35. The van der Waals surface area contributed by atoms with E-state index in [0.717, 1.165) is 36.2 Å². The van der Waals surface area contributed by atoms with Crippen LogP contribution < -0.4 is 14.4 Å². The van der Waals surface area contributed by atoms with Gasteiger partial charge in [-0.05, 0) is 43.5 Å². The number of nitrogens with zero attached hydrogens (tertiary/aromatic N) is 2. The Morgan fingerprint density at radius 1 is 1.11 bits per heavy atom. The number of sulfonamides is 1. The largest absolute Gasteiger partial charge is 0.495 e. The highest BCUT2D eigenvalue weighted by molar-refractivity contribution is 7.92. The van der Waals surface area contributed by atoms with E-state index in [2.05, 4.69) is 5.32 Å². The summed E-state index contributed by atoms with van der Waals surface area (Å²) in [6.07, 6.45) is 4.97. The van der Waals surface area contributed by atoms with Crippen molar-refractivity contribution in [3.05, 3.63) is 59.1 Å². The first-order valence-electron chi connectivity index (χ1n) is 11.6. The molecule has 0 aliphatic heterocycles. The van der Waals surface area contributed by atoms with Crippen LogP contribution in [0.4, 0.5) is 5.69 Å². The number of hydrogen-bond acceptors (Lipinski definition) is 5. The summed E-state index contributed by atoms with van der Waals surface area (Å²) in [4.78, 5) is 28.1. The molecule has 0 saturated heterocycles. The fraction of sp³-hybridized carbons (Fsp3) is 0.440. The second-order valence-electron chi connectivity index (χ2n) is 8.72. The molecule has 10 heteroatoms. The minimum Gasteiger partial charge on any atom is -0.495 e. The molecule has 1 atom stereocenters. The van der Waals surface area contributed by atoms with E-state index in [1.807, 2.05) is 0 Å². The van der Waals surface area contributed by atoms with E-state index in [4.69, 9.17) is 16.3 Å². The summed E-state index contributed by atoms with van der Waals surface area (Å²) in [7, 11) is -2.41. The summed E-state index contributed by atoms with van der Waals surface area (Å²) in [6.45, 7) is 1.21. The average Bonchev–Trinajstić information content (AvgIpc) is 3.33. The van der Waals surface area contributed by atoms with Gasteiger partial charge in [-0.15, -0.1) is 0 Å². The maximum absolute atomic E-state index is 13.6. The number of benzene rings is 2. The summed E-state index contributed by atoms with van der Waals surface area (Å²) in [6, 6.07) is 12.9. The third kappa shape index (κ3) is 6.89. The first kappa shape index (κ1) is 26.8. The second kappa shape index (κ2) is 11.8. The number of ether oxygens (including phenoxy) is 1. The molecule has 2 aromatic rings. The predicted molar refractivity (Wildman–Crippen MR) is 137 cm³/mol. The molecule has 8 nitrogen and oxygen atoms in total. The van der Waals surface area contributed by atoms with Gasteiger partial charge in [-0.2, -0.15) is 0 Å². The van der Waals surface area contributed by atoms with Crippen molar-refractivity contribution in [1.82, 2.24) is 10.2 Å². The van der Waals surface area contributed by atoms with Crippen molar-refractivity contribution in [2.45, 2.75) is 51.2 Å². The SMILES string of the molecule is COc1ccccc1N(CC(=O)N(Cc1ccccc1Cl)[C@H](C)C(=O)NC1CCCC1)S(C)(=O)=O. The van der Waals surface area contributed by atoms with Crippen molar-refractivity contribution < 1.29 is 22.7 Å². The Bertz CT molecular complexity index is 1150. The van der Waals surface area contributed by atoms with E-state index in [-0.39, 0.29) is 24.2 Å². The highest BCUT2D eigenvalue weighted by atomic mass is 35.5. The molecule has 1 N–H and O–H groups in total. The molecule has 1 aliphatic rings. The van der Waals surface area contributed by atoms with Crippen LogP contribution in [0.3, 0.4) is 0 Å². The Hall–Kier alpha value is -2.78. The average molecular weight is 522 g/mol. The summed E-state index contributed by atoms with van der Waals surface area (Å²) in [5, 5.41) is 3.49. The zero-order valence-corrected chi connectivity index (χ0v) is 21.8. The molecule has 2 aromatic carbocycles. The monoisotopic (exact) mass is 521 g/mol. The summed E-state index contributed by atoms with van der Waals surface area (Å²) < 4.78 is 31.7. The highest BCUT2D eigenvalue weighted by Gasteiger charge is 2.32. The van der Waals surface area contributed by atoms with Gasteiger partial charge in [0.2, 0.25) is 21.8 Å². The van der Waals surface area contributed by atoms with Gasteiger partial charge in [0.1, 0.15) is 18.3 Å². The molecule has 1 fully saturated rings. The van der Waals surface area contributed by atoms with Crippen molar-refractivity contribution in [3.8, 4) is 5.75 Å². The van der Waals surface area contributed by atoms with Gasteiger partial charge >= 0.3 is 0 Å². The molecule has 0 radical (unpaired) electrons. The van der Waals surface area contributed by atoms with Crippen molar-refractivity contribution in [2.75, 3.05) is 24.2 Å². The van der Waals surface area contributed by atoms with Crippen molar-refractivity contribution in [3.63, 3.8) is 0 Å².